The summed E-state index contributed by atoms with van der Waals surface area (Å²) >= 11 is 0. The molecule has 2 N–H and O–H groups in total. The normalized spacial score (nSPS) is 10.2. The van der Waals surface area contributed by atoms with Gasteiger partial charge in [0, 0.05) is 40.8 Å². The topological polar surface area (TPSA) is 107 Å². The van der Waals surface area contributed by atoms with Crippen molar-refractivity contribution in [3.05, 3.63) is 38.2 Å². The molecule has 0 aliphatic carbocycles. The number of halogens is 2. The highest BCUT2D eigenvalue weighted by Crippen LogP contribution is 2.12. The second-order valence-corrected chi connectivity index (χ2v) is 5.73. The van der Waals surface area contributed by atoms with E-state index >= 15 is 0 Å². The number of nitrogens with zero attached hydrogens (tertiary/aromatic N) is 3. The highest BCUT2D eigenvalue weighted by atomic mass is 35.5. The van der Waals surface area contributed by atoms with Gasteiger partial charge in [-0.1, -0.05) is 0 Å². The molecule has 1 amide bonds. The lowest BCUT2D eigenvalue weighted by Crippen LogP contribution is -2.38. The molecule has 0 aromatic carbocycles. The van der Waals surface area contributed by atoms with Crippen molar-refractivity contribution in [1.82, 2.24) is 24.8 Å². The van der Waals surface area contributed by atoms with Crippen LogP contribution in [0.3, 0.4) is 0 Å². The van der Waals surface area contributed by atoms with Gasteiger partial charge in [0.15, 0.2) is 0 Å². The molecule has 0 saturated carbocycles. The Kier molecular flexibility index (Phi) is 10.2. The quantitative estimate of drug-likeness (QED) is 0.596. The molecule has 0 spiro atoms. The van der Waals surface area contributed by atoms with E-state index in [2.05, 4.69) is 15.6 Å². The average molecular weight is 422 g/mol. The fourth-order valence-corrected chi connectivity index (χ4v) is 2.50. The Morgan fingerprint density at radius 1 is 1.15 bits per heavy atom. The first kappa shape index (κ1) is 25.1. The van der Waals surface area contributed by atoms with E-state index in [1.807, 2.05) is 0 Å². The second kappa shape index (κ2) is 11.0. The van der Waals surface area contributed by atoms with Gasteiger partial charge in [-0.3, -0.25) is 18.7 Å². The van der Waals surface area contributed by atoms with Crippen molar-refractivity contribution in [1.29, 1.82) is 0 Å². The highest BCUT2D eigenvalue weighted by molar-refractivity contribution is 5.95. The van der Waals surface area contributed by atoms with Crippen LogP contribution in [0.25, 0.3) is 11.0 Å². The average Bonchev–Trinajstić information content (AvgIpc) is 2.60. The lowest BCUT2D eigenvalue weighted by molar-refractivity contribution is 0.0949. The van der Waals surface area contributed by atoms with Gasteiger partial charge < -0.3 is 15.4 Å². The summed E-state index contributed by atoms with van der Waals surface area (Å²) in [6.07, 6.45) is 0. The Labute approximate surface area is 168 Å². The molecule has 2 aromatic heterocycles. The summed E-state index contributed by atoms with van der Waals surface area (Å²) in [5, 5.41) is 6.20. The molecule has 0 aliphatic rings. The van der Waals surface area contributed by atoms with Gasteiger partial charge in [-0.25, -0.2) is 9.78 Å². The lowest BCUT2D eigenvalue weighted by atomic mass is 10.1. The van der Waals surface area contributed by atoms with Gasteiger partial charge >= 0.3 is 5.69 Å². The third-order valence-electron chi connectivity index (χ3n) is 3.91. The molecule has 2 heterocycles. The Morgan fingerprint density at radius 2 is 1.81 bits per heavy atom. The number of ether oxygens (including phenoxy) is 1. The smallest absolute Gasteiger partial charge is 0.332 e. The van der Waals surface area contributed by atoms with Gasteiger partial charge in [0.1, 0.15) is 11.3 Å². The maximum Gasteiger partial charge on any atom is 0.332 e. The van der Waals surface area contributed by atoms with Gasteiger partial charge in [-0.15, -0.1) is 24.8 Å². The number of fused-ring (bicyclic) bond motifs is 1. The summed E-state index contributed by atoms with van der Waals surface area (Å²) < 4.78 is 7.22. The summed E-state index contributed by atoms with van der Waals surface area (Å²) in [5.41, 5.74) is 0.0767. The van der Waals surface area contributed by atoms with E-state index < -0.39 is 11.2 Å². The van der Waals surface area contributed by atoms with Gasteiger partial charge in [0.05, 0.1) is 12.0 Å². The minimum Gasteiger partial charge on any atom is -0.383 e. The van der Waals surface area contributed by atoms with Gasteiger partial charge in [0.25, 0.3) is 11.5 Å². The molecule has 9 nitrogen and oxygen atoms in total. The molecule has 0 atom stereocenters. The fourth-order valence-electron chi connectivity index (χ4n) is 2.50. The van der Waals surface area contributed by atoms with E-state index in [1.54, 1.807) is 20.1 Å². The number of nitrogens with one attached hydrogen (secondary N) is 2. The largest absolute Gasteiger partial charge is 0.383 e. The first-order valence-electron chi connectivity index (χ1n) is 7.93. The van der Waals surface area contributed by atoms with Crippen LogP contribution in [-0.2, 0) is 18.8 Å². The van der Waals surface area contributed by atoms with Crippen LogP contribution in [0, 0.1) is 6.92 Å². The van der Waals surface area contributed by atoms with Crippen molar-refractivity contribution >= 4 is 41.8 Å². The molecule has 152 valence electrons. The standard InChI is InChI=1S/C16H23N5O4.2ClH/c1-10-9-11(14(22)18-6-5-17-7-8-25-4)19-13-12(10)15(23)21(3)16(24)20(13)2;;/h9,17H,5-8H2,1-4H3,(H,18,22);2*1H. The number of methoxy groups -OCH3 is 1. The second-order valence-electron chi connectivity index (χ2n) is 5.73. The number of hydrogen-bond donors (Lipinski definition) is 2. The minimum atomic E-state index is -0.482. The molecule has 0 radical (unpaired) electrons. The summed E-state index contributed by atoms with van der Waals surface area (Å²) in [6.45, 7) is 4.05. The SMILES string of the molecule is COCCNCCNC(=O)c1cc(C)c2c(=O)n(C)c(=O)n(C)c2n1.Cl.Cl. The predicted octanol–water partition coefficient (Wildman–Crippen LogP) is -0.250. The molecule has 0 saturated heterocycles. The summed E-state index contributed by atoms with van der Waals surface area (Å²) in [5.74, 6) is -0.355. The van der Waals surface area contributed by atoms with E-state index in [0.29, 0.717) is 37.2 Å². The number of rotatable bonds is 7. The van der Waals surface area contributed by atoms with E-state index in [-0.39, 0.29) is 42.1 Å². The van der Waals surface area contributed by atoms with Crippen molar-refractivity contribution in [2.24, 2.45) is 14.1 Å². The Balaban J connectivity index is 0.00000338. The zero-order chi connectivity index (χ0) is 18.6. The van der Waals surface area contributed by atoms with Crippen molar-refractivity contribution in [3.63, 3.8) is 0 Å². The number of amides is 1. The van der Waals surface area contributed by atoms with Crippen LogP contribution in [0.2, 0.25) is 0 Å². The molecule has 0 aliphatic heterocycles. The van der Waals surface area contributed by atoms with E-state index in [1.165, 1.54) is 18.7 Å². The predicted molar refractivity (Wildman–Crippen MR) is 109 cm³/mol. The Bertz CT molecular complexity index is 910. The van der Waals surface area contributed by atoms with E-state index in [9.17, 15) is 14.4 Å². The van der Waals surface area contributed by atoms with Crippen molar-refractivity contribution < 1.29 is 9.53 Å². The van der Waals surface area contributed by atoms with Crippen LogP contribution in [0.15, 0.2) is 15.7 Å². The van der Waals surface area contributed by atoms with Crippen LogP contribution in [0.5, 0.6) is 0 Å². The summed E-state index contributed by atoms with van der Waals surface area (Å²) in [7, 11) is 4.57. The first-order valence-corrected chi connectivity index (χ1v) is 7.93. The van der Waals surface area contributed by atoms with Gasteiger partial charge in [0.2, 0.25) is 0 Å². The molecular weight excluding hydrogens is 397 g/mol. The number of aromatic nitrogens is 3. The van der Waals surface area contributed by atoms with Crippen LogP contribution >= 0.6 is 24.8 Å². The van der Waals surface area contributed by atoms with Crippen molar-refractivity contribution in [2.45, 2.75) is 6.92 Å². The molecule has 2 aromatic rings. The number of carbonyl (C=O) groups is 1. The highest BCUT2D eigenvalue weighted by Gasteiger charge is 2.16. The molecule has 2 rings (SSSR count). The first-order chi connectivity index (χ1) is 11.9. The van der Waals surface area contributed by atoms with E-state index in [0.717, 1.165) is 4.57 Å². The maximum atomic E-state index is 12.3. The molecule has 0 unspecified atom stereocenters. The Morgan fingerprint density at radius 3 is 2.44 bits per heavy atom. The third kappa shape index (κ3) is 5.52. The van der Waals surface area contributed by atoms with Crippen LogP contribution in [-0.4, -0.2) is 53.4 Å². The lowest BCUT2D eigenvalue weighted by Gasteiger charge is -2.11. The third-order valence-corrected chi connectivity index (χ3v) is 3.91. The van der Waals surface area contributed by atoms with Crippen LogP contribution in [0.1, 0.15) is 16.1 Å². The zero-order valence-electron chi connectivity index (χ0n) is 15.7. The van der Waals surface area contributed by atoms with Crippen LogP contribution < -0.4 is 21.9 Å². The number of carbonyl (C=O) groups excluding carboxylic acids is 1. The number of hydrogen-bond acceptors (Lipinski definition) is 6. The Hall–Kier alpha value is -1.94. The molecule has 27 heavy (non-hydrogen) atoms. The van der Waals surface area contributed by atoms with Gasteiger partial charge in [-0.05, 0) is 18.6 Å². The zero-order valence-corrected chi connectivity index (χ0v) is 17.3. The van der Waals surface area contributed by atoms with Crippen molar-refractivity contribution in [3.8, 4) is 0 Å². The summed E-state index contributed by atoms with van der Waals surface area (Å²) in [4.78, 5) is 40.9. The minimum absolute atomic E-state index is 0. The van der Waals surface area contributed by atoms with Crippen molar-refractivity contribution in [2.75, 3.05) is 33.4 Å². The fraction of sp³-hybridized carbons (Fsp3) is 0.500. The number of aryl methyl sites for hydroxylation is 2. The monoisotopic (exact) mass is 421 g/mol. The van der Waals surface area contributed by atoms with E-state index in [4.69, 9.17) is 4.74 Å². The molecule has 0 fully saturated rings. The number of pyridine rings is 1. The molecular formula is C16H25Cl2N5O4. The maximum absolute atomic E-state index is 12.3. The van der Waals surface area contributed by atoms with Crippen LogP contribution in [0.4, 0.5) is 0 Å². The molecule has 11 heteroatoms. The van der Waals surface area contributed by atoms with Gasteiger partial charge in [-0.2, -0.15) is 0 Å². The molecule has 0 bridgehead atoms. The summed E-state index contributed by atoms with van der Waals surface area (Å²) in [6, 6.07) is 1.56.